The molecule has 106 valence electrons. The van der Waals surface area contributed by atoms with Crippen LogP contribution in [0.15, 0.2) is 0 Å². The fraction of sp³-hybridized carbons (Fsp3) is 1.00. The second kappa shape index (κ2) is 6.32. The summed E-state index contributed by atoms with van der Waals surface area (Å²) in [6.07, 6.45) is 4.28. The van der Waals surface area contributed by atoms with Crippen LogP contribution in [0.5, 0.6) is 0 Å². The van der Waals surface area contributed by atoms with Crippen molar-refractivity contribution >= 4 is 10.0 Å². The van der Waals surface area contributed by atoms with E-state index < -0.39 is 10.0 Å². The Morgan fingerprint density at radius 2 is 1.94 bits per heavy atom. The molecule has 2 fully saturated rings. The normalized spacial score (nSPS) is 28.4. The van der Waals surface area contributed by atoms with E-state index in [4.69, 9.17) is 10.5 Å². The molecule has 5 nitrogen and oxygen atoms in total. The van der Waals surface area contributed by atoms with Gasteiger partial charge in [0.15, 0.2) is 0 Å². The van der Waals surface area contributed by atoms with Crippen molar-refractivity contribution in [1.82, 2.24) is 4.31 Å². The first kappa shape index (κ1) is 14.2. The SMILES string of the molecule is NCCC1CCCN(S(=O)(=O)C2CCOCC2)C1. The molecule has 0 radical (unpaired) electrons. The number of hydrogen-bond donors (Lipinski definition) is 1. The molecule has 2 aliphatic rings. The largest absolute Gasteiger partial charge is 0.381 e. The number of hydrogen-bond acceptors (Lipinski definition) is 4. The molecule has 6 heteroatoms. The van der Waals surface area contributed by atoms with Crippen molar-refractivity contribution in [1.29, 1.82) is 0 Å². The quantitative estimate of drug-likeness (QED) is 0.814. The van der Waals surface area contributed by atoms with Crippen LogP contribution in [0.2, 0.25) is 0 Å². The van der Waals surface area contributed by atoms with Gasteiger partial charge in [-0.1, -0.05) is 0 Å². The highest BCUT2D eigenvalue weighted by Crippen LogP contribution is 2.26. The zero-order valence-corrected chi connectivity index (χ0v) is 11.7. The number of sulfonamides is 1. The first-order valence-electron chi connectivity index (χ1n) is 6.91. The molecule has 1 unspecified atom stereocenters. The van der Waals surface area contributed by atoms with Gasteiger partial charge in [-0.2, -0.15) is 0 Å². The van der Waals surface area contributed by atoms with Gasteiger partial charge in [0.25, 0.3) is 0 Å². The molecule has 18 heavy (non-hydrogen) atoms. The summed E-state index contributed by atoms with van der Waals surface area (Å²) in [4.78, 5) is 0. The summed E-state index contributed by atoms with van der Waals surface area (Å²) in [6.45, 7) is 3.14. The van der Waals surface area contributed by atoms with E-state index in [0.717, 1.165) is 19.3 Å². The van der Waals surface area contributed by atoms with Crippen molar-refractivity contribution in [2.75, 3.05) is 32.8 Å². The lowest BCUT2D eigenvalue weighted by atomic mass is 9.96. The third-order valence-electron chi connectivity index (χ3n) is 4.01. The number of nitrogens with zero attached hydrogens (tertiary/aromatic N) is 1. The van der Waals surface area contributed by atoms with Crippen molar-refractivity contribution in [3.05, 3.63) is 0 Å². The average Bonchev–Trinajstić information content (AvgIpc) is 2.40. The molecule has 0 amide bonds. The van der Waals surface area contributed by atoms with E-state index in [-0.39, 0.29) is 5.25 Å². The number of nitrogens with two attached hydrogens (primary N) is 1. The van der Waals surface area contributed by atoms with Crippen LogP contribution in [-0.2, 0) is 14.8 Å². The fourth-order valence-corrected chi connectivity index (χ4v) is 4.93. The van der Waals surface area contributed by atoms with Gasteiger partial charge in [-0.3, -0.25) is 0 Å². The van der Waals surface area contributed by atoms with E-state index in [1.54, 1.807) is 4.31 Å². The lowest BCUT2D eigenvalue weighted by Gasteiger charge is -2.35. The van der Waals surface area contributed by atoms with Crippen LogP contribution in [-0.4, -0.2) is 50.8 Å². The van der Waals surface area contributed by atoms with Crippen LogP contribution in [0, 0.1) is 5.92 Å². The molecule has 1 atom stereocenters. The van der Waals surface area contributed by atoms with Gasteiger partial charge < -0.3 is 10.5 Å². The van der Waals surface area contributed by atoms with Gasteiger partial charge in [-0.05, 0) is 44.6 Å². The van der Waals surface area contributed by atoms with E-state index in [1.807, 2.05) is 0 Å². The van der Waals surface area contributed by atoms with Crippen LogP contribution < -0.4 is 5.73 Å². The first-order chi connectivity index (χ1) is 8.64. The first-order valence-corrected chi connectivity index (χ1v) is 8.41. The maximum Gasteiger partial charge on any atom is 0.217 e. The highest BCUT2D eigenvalue weighted by atomic mass is 32.2. The van der Waals surface area contributed by atoms with Gasteiger partial charge >= 0.3 is 0 Å². The summed E-state index contributed by atoms with van der Waals surface area (Å²) in [5.74, 6) is 0.443. The van der Waals surface area contributed by atoms with Crippen molar-refractivity contribution in [2.24, 2.45) is 11.7 Å². The van der Waals surface area contributed by atoms with Crippen LogP contribution in [0.1, 0.15) is 32.1 Å². The zero-order chi connectivity index (χ0) is 13.0. The van der Waals surface area contributed by atoms with Crippen molar-refractivity contribution < 1.29 is 13.2 Å². The third kappa shape index (κ3) is 3.23. The number of rotatable bonds is 4. The standard InChI is InChI=1S/C12H24N2O3S/c13-6-3-11-2-1-7-14(10-11)18(15,16)12-4-8-17-9-5-12/h11-12H,1-10,13H2. The molecule has 2 rings (SSSR count). The highest BCUT2D eigenvalue weighted by Gasteiger charge is 2.35. The zero-order valence-electron chi connectivity index (χ0n) is 10.9. The van der Waals surface area contributed by atoms with Gasteiger partial charge in [0.1, 0.15) is 0 Å². The summed E-state index contributed by atoms with van der Waals surface area (Å²) < 4.78 is 32.0. The van der Waals surface area contributed by atoms with E-state index in [1.165, 1.54) is 0 Å². The Balaban J connectivity index is 1.99. The van der Waals surface area contributed by atoms with Gasteiger partial charge in [0, 0.05) is 26.3 Å². The molecule has 0 aromatic heterocycles. The van der Waals surface area contributed by atoms with Crippen LogP contribution >= 0.6 is 0 Å². The molecule has 0 aromatic carbocycles. The molecule has 0 bridgehead atoms. The Morgan fingerprint density at radius 3 is 2.61 bits per heavy atom. The molecular weight excluding hydrogens is 252 g/mol. The monoisotopic (exact) mass is 276 g/mol. The minimum absolute atomic E-state index is 0.233. The van der Waals surface area contributed by atoms with Crippen molar-refractivity contribution in [2.45, 2.75) is 37.4 Å². The molecule has 0 saturated carbocycles. The van der Waals surface area contributed by atoms with E-state index in [2.05, 4.69) is 0 Å². The highest BCUT2D eigenvalue weighted by molar-refractivity contribution is 7.89. The Morgan fingerprint density at radius 1 is 1.22 bits per heavy atom. The Bertz CT molecular complexity index is 350. The number of ether oxygens (including phenoxy) is 1. The molecule has 2 heterocycles. The molecule has 0 spiro atoms. The second-order valence-electron chi connectivity index (χ2n) is 5.30. The minimum Gasteiger partial charge on any atom is -0.381 e. The Labute approximate surface area is 110 Å². The van der Waals surface area contributed by atoms with Gasteiger partial charge in [0.05, 0.1) is 5.25 Å². The topological polar surface area (TPSA) is 72.6 Å². The molecule has 0 aliphatic carbocycles. The summed E-state index contributed by atoms with van der Waals surface area (Å²) in [6, 6.07) is 0. The lowest BCUT2D eigenvalue weighted by molar-refractivity contribution is 0.0966. The molecular formula is C12H24N2O3S. The molecule has 2 N–H and O–H groups in total. The second-order valence-corrected chi connectivity index (χ2v) is 7.51. The van der Waals surface area contributed by atoms with E-state index >= 15 is 0 Å². The maximum atomic E-state index is 12.5. The summed E-state index contributed by atoms with van der Waals surface area (Å²) in [7, 11) is -3.12. The van der Waals surface area contributed by atoms with Gasteiger partial charge in [0.2, 0.25) is 10.0 Å². The minimum atomic E-state index is -3.12. The predicted molar refractivity (Wildman–Crippen MR) is 70.7 cm³/mol. The van der Waals surface area contributed by atoms with Gasteiger partial charge in [-0.25, -0.2) is 12.7 Å². The molecule has 2 saturated heterocycles. The third-order valence-corrected chi connectivity index (χ3v) is 6.37. The lowest BCUT2D eigenvalue weighted by Crippen LogP contribution is -2.46. The predicted octanol–water partition coefficient (Wildman–Crippen LogP) is 0.556. The van der Waals surface area contributed by atoms with Crippen LogP contribution in [0.3, 0.4) is 0 Å². The average molecular weight is 276 g/mol. The van der Waals surface area contributed by atoms with E-state index in [0.29, 0.717) is 51.6 Å². The fourth-order valence-electron chi connectivity index (χ4n) is 2.91. The smallest absolute Gasteiger partial charge is 0.217 e. The molecule has 0 aromatic rings. The number of piperidine rings is 1. The summed E-state index contributed by atoms with van der Waals surface area (Å²) in [5, 5.41) is -0.233. The maximum absolute atomic E-state index is 12.5. The Kier molecular flexibility index (Phi) is 5.00. The van der Waals surface area contributed by atoms with E-state index in [9.17, 15) is 8.42 Å². The van der Waals surface area contributed by atoms with Crippen molar-refractivity contribution in [3.63, 3.8) is 0 Å². The summed E-state index contributed by atoms with van der Waals surface area (Å²) in [5.41, 5.74) is 5.57. The van der Waals surface area contributed by atoms with Crippen LogP contribution in [0.4, 0.5) is 0 Å². The van der Waals surface area contributed by atoms with Crippen molar-refractivity contribution in [3.8, 4) is 0 Å². The van der Waals surface area contributed by atoms with Crippen LogP contribution in [0.25, 0.3) is 0 Å². The molecule has 2 aliphatic heterocycles. The Hall–Kier alpha value is -0.170. The van der Waals surface area contributed by atoms with Gasteiger partial charge in [-0.15, -0.1) is 0 Å². The summed E-state index contributed by atoms with van der Waals surface area (Å²) >= 11 is 0.